The minimum Gasteiger partial charge on any atom is -0.486 e. The van der Waals surface area contributed by atoms with Crippen molar-refractivity contribution < 1.29 is 9.47 Å². The summed E-state index contributed by atoms with van der Waals surface area (Å²) >= 11 is 19.4. The molecule has 2 aromatic rings. The molecule has 1 unspecified atom stereocenters. The molecule has 0 aromatic heterocycles. The van der Waals surface area contributed by atoms with Crippen molar-refractivity contribution in [2.75, 3.05) is 13.2 Å². The molecule has 1 aliphatic rings. The summed E-state index contributed by atoms with van der Waals surface area (Å²) in [5.74, 6) is 1.50. The molecule has 1 atom stereocenters. The third-order valence-electron chi connectivity index (χ3n) is 3.11. The van der Waals surface area contributed by atoms with Crippen molar-refractivity contribution in [3.8, 4) is 11.5 Å². The quantitative estimate of drug-likeness (QED) is 0.519. The minimum atomic E-state index is -0.0566. The Kier molecular flexibility index (Phi) is 4.69. The summed E-state index contributed by atoms with van der Waals surface area (Å²) in [6.07, 6.45) is 0. The van der Waals surface area contributed by atoms with Crippen molar-refractivity contribution in [3.05, 3.63) is 56.0 Å². The molecular weight excluding hydrogens is 443 g/mol. The fourth-order valence-electron chi connectivity index (χ4n) is 2.17. The number of halogens is 4. The maximum absolute atomic E-state index is 6.08. The Bertz CT molecular complexity index is 671. The molecule has 3 rings (SSSR count). The molecular formula is C15H10Br2Cl2O2. The average molecular weight is 453 g/mol. The molecule has 1 heterocycles. The summed E-state index contributed by atoms with van der Waals surface area (Å²) in [4.78, 5) is -0.0566. The van der Waals surface area contributed by atoms with Gasteiger partial charge in [0, 0.05) is 14.5 Å². The number of hydrogen-bond donors (Lipinski definition) is 0. The van der Waals surface area contributed by atoms with Crippen LogP contribution in [0.25, 0.3) is 0 Å². The largest absolute Gasteiger partial charge is 0.486 e. The lowest BCUT2D eigenvalue weighted by Gasteiger charge is -2.21. The Morgan fingerprint density at radius 3 is 2.10 bits per heavy atom. The Labute approximate surface area is 149 Å². The van der Waals surface area contributed by atoms with Gasteiger partial charge >= 0.3 is 0 Å². The van der Waals surface area contributed by atoms with E-state index in [1.807, 2.05) is 24.3 Å². The SMILES string of the molecule is Clc1cc(Cl)cc(C(Br)c2cc3c(cc2Br)OCCO3)c1. The molecule has 0 radical (unpaired) electrons. The molecule has 0 amide bonds. The van der Waals surface area contributed by atoms with E-state index in [1.54, 1.807) is 6.07 Å². The van der Waals surface area contributed by atoms with Gasteiger partial charge in [-0.2, -0.15) is 0 Å². The lowest BCUT2D eigenvalue weighted by Crippen LogP contribution is -2.15. The first-order chi connectivity index (χ1) is 10.0. The standard InChI is InChI=1S/C15H10Br2Cl2O2/c16-12-7-14-13(20-1-2-21-14)6-11(12)15(17)8-3-9(18)5-10(19)4-8/h3-7,15H,1-2H2. The third-order valence-corrected chi connectivity index (χ3v) is 5.26. The number of alkyl halides is 1. The lowest BCUT2D eigenvalue weighted by atomic mass is 10.0. The molecule has 0 saturated heterocycles. The highest BCUT2D eigenvalue weighted by Crippen LogP contribution is 2.43. The zero-order valence-corrected chi connectivity index (χ0v) is 15.4. The zero-order valence-electron chi connectivity index (χ0n) is 10.7. The zero-order chi connectivity index (χ0) is 15.0. The Morgan fingerprint density at radius 2 is 1.48 bits per heavy atom. The third kappa shape index (κ3) is 3.34. The summed E-state index contributed by atoms with van der Waals surface area (Å²) < 4.78 is 12.1. The van der Waals surface area contributed by atoms with E-state index in [2.05, 4.69) is 31.9 Å². The monoisotopic (exact) mass is 450 g/mol. The van der Waals surface area contributed by atoms with Crippen LogP contribution in [0.1, 0.15) is 16.0 Å². The van der Waals surface area contributed by atoms with Gasteiger partial charge in [-0.3, -0.25) is 0 Å². The van der Waals surface area contributed by atoms with Crippen LogP contribution in [0.3, 0.4) is 0 Å². The van der Waals surface area contributed by atoms with E-state index < -0.39 is 0 Å². The summed E-state index contributed by atoms with van der Waals surface area (Å²) in [5, 5.41) is 1.21. The number of fused-ring (bicyclic) bond motifs is 1. The summed E-state index contributed by atoms with van der Waals surface area (Å²) in [6, 6.07) is 9.37. The van der Waals surface area contributed by atoms with Gasteiger partial charge in [-0.15, -0.1) is 0 Å². The van der Waals surface area contributed by atoms with Crippen molar-refractivity contribution in [2.45, 2.75) is 4.83 Å². The second kappa shape index (κ2) is 6.37. The van der Waals surface area contributed by atoms with E-state index in [9.17, 15) is 0 Å². The summed E-state index contributed by atoms with van der Waals surface area (Å²) in [6.45, 7) is 1.13. The van der Waals surface area contributed by atoms with Crippen LogP contribution in [0.4, 0.5) is 0 Å². The predicted molar refractivity (Wildman–Crippen MR) is 92.4 cm³/mol. The predicted octanol–water partition coefficient (Wildman–Crippen LogP) is 6.01. The molecule has 110 valence electrons. The topological polar surface area (TPSA) is 18.5 Å². The molecule has 0 spiro atoms. The van der Waals surface area contributed by atoms with E-state index in [1.165, 1.54) is 0 Å². The number of hydrogen-bond acceptors (Lipinski definition) is 2. The molecule has 6 heteroatoms. The van der Waals surface area contributed by atoms with Gasteiger partial charge in [0.1, 0.15) is 13.2 Å². The molecule has 0 bridgehead atoms. The van der Waals surface area contributed by atoms with Crippen LogP contribution in [-0.4, -0.2) is 13.2 Å². The van der Waals surface area contributed by atoms with Crippen LogP contribution in [0.5, 0.6) is 11.5 Å². The fourth-order valence-corrected chi connectivity index (χ4v) is 4.22. The second-order valence-corrected chi connectivity index (χ2v) is 7.23. The number of ether oxygens (including phenoxy) is 2. The van der Waals surface area contributed by atoms with E-state index in [0.29, 0.717) is 23.3 Å². The number of benzene rings is 2. The molecule has 0 N–H and O–H groups in total. The molecule has 0 saturated carbocycles. The fraction of sp³-hybridized carbons (Fsp3) is 0.200. The maximum atomic E-state index is 6.08. The van der Waals surface area contributed by atoms with Crippen LogP contribution in [-0.2, 0) is 0 Å². The highest BCUT2D eigenvalue weighted by Gasteiger charge is 2.20. The van der Waals surface area contributed by atoms with Crippen LogP contribution in [0, 0.1) is 0 Å². The van der Waals surface area contributed by atoms with E-state index >= 15 is 0 Å². The van der Waals surface area contributed by atoms with Gasteiger partial charge in [-0.05, 0) is 41.5 Å². The second-order valence-electron chi connectivity index (χ2n) is 4.58. The highest BCUT2D eigenvalue weighted by molar-refractivity contribution is 9.11. The highest BCUT2D eigenvalue weighted by atomic mass is 79.9. The molecule has 0 fully saturated rings. The van der Waals surface area contributed by atoms with Gasteiger partial charge in [-0.25, -0.2) is 0 Å². The smallest absolute Gasteiger partial charge is 0.162 e. The molecule has 21 heavy (non-hydrogen) atoms. The first-order valence-corrected chi connectivity index (χ1v) is 8.70. The van der Waals surface area contributed by atoms with E-state index in [4.69, 9.17) is 32.7 Å². The van der Waals surface area contributed by atoms with E-state index in [-0.39, 0.29) is 4.83 Å². The van der Waals surface area contributed by atoms with Gasteiger partial charge in [-0.1, -0.05) is 55.1 Å². The van der Waals surface area contributed by atoms with E-state index in [0.717, 1.165) is 27.1 Å². The van der Waals surface area contributed by atoms with Crippen LogP contribution >= 0.6 is 55.1 Å². The average Bonchev–Trinajstić information content (AvgIpc) is 2.44. The van der Waals surface area contributed by atoms with Crippen LogP contribution in [0.15, 0.2) is 34.8 Å². The molecule has 0 aliphatic carbocycles. The van der Waals surface area contributed by atoms with Crippen molar-refractivity contribution in [1.82, 2.24) is 0 Å². The lowest BCUT2D eigenvalue weighted by molar-refractivity contribution is 0.171. The molecule has 1 aliphatic heterocycles. The molecule has 2 nitrogen and oxygen atoms in total. The van der Waals surface area contributed by atoms with Crippen LogP contribution < -0.4 is 9.47 Å². The summed E-state index contributed by atoms with van der Waals surface area (Å²) in [7, 11) is 0. The Morgan fingerprint density at radius 1 is 0.905 bits per heavy atom. The molecule has 2 aromatic carbocycles. The van der Waals surface area contributed by atoms with Gasteiger partial charge in [0.25, 0.3) is 0 Å². The van der Waals surface area contributed by atoms with Crippen molar-refractivity contribution >= 4 is 55.1 Å². The van der Waals surface area contributed by atoms with Gasteiger partial charge in [0.05, 0.1) is 4.83 Å². The normalized spacial score (nSPS) is 14.9. The minimum absolute atomic E-state index is 0.0566. The van der Waals surface area contributed by atoms with Gasteiger partial charge in [0.2, 0.25) is 0 Å². The summed E-state index contributed by atoms with van der Waals surface area (Å²) in [5.41, 5.74) is 2.00. The number of rotatable bonds is 2. The van der Waals surface area contributed by atoms with Gasteiger partial charge < -0.3 is 9.47 Å². The Balaban J connectivity index is 2.02. The van der Waals surface area contributed by atoms with Gasteiger partial charge in [0.15, 0.2) is 11.5 Å². The first-order valence-electron chi connectivity index (χ1n) is 6.23. The Hall–Kier alpha value is -0.420. The van der Waals surface area contributed by atoms with Crippen molar-refractivity contribution in [1.29, 1.82) is 0 Å². The first kappa shape index (κ1) is 15.5. The van der Waals surface area contributed by atoms with Crippen molar-refractivity contribution in [3.63, 3.8) is 0 Å². The van der Waals surface area contributed by atoms with Crippen molar-refractivity contribution in [2.24, 2.45) is 0 Å². The maximum Gasteiger partial charge on any atom is 0.162 e. The van der Waals surface area contributed by atoms with Crippen LogP contribution in [0.2, 0.25) is 10.0 Å².